The molecule has 2 aromatic heterocycles. The summed E-state index contributed by atoms with van der Waals surface area (Å²) in [6.07, 6.45) is 5.41. The first-order valence-corrected chi connectivity index (χ1v) is 8.54. The molecular formula is C18H16N2O2S. The van der Waals surface area contributed by atoms with Crippen molar-refractivity contribution in [2.75, 3.05) is 0 Å². The number of oxazole rings is 1. The Hall–Kier alpha value is -2.40. The molecule has 0 saturated heterocycles. The van der Waals surface area contributed by atoms with E-state index in [4.69, 9.17) is 4.42 Å². The second-order valence-corrected chi connectivity index (χ2v) is 6.66. The van der Waals surface area contributed by atoms with Gasteiger partial charge >= 0.3 is 0 Å². The molecule has 4 rings (SSSR count). The molecule has 0 atom stereocenters. The highest BCUT2D eigenvalue weighted by molar-refractivity contribution is 7.09. The fourth-order valence-electron chi connectivity index (χ4n) is 2.54. The summed E-state index contributed by atoms with van der Waals surface area (Å²) < 4.78 is 5.61. The molecular weight excluding hydrogens is 308 g/mol. The Balaban J connectivity index is 1.50. The minimum Gasteiger partial charge on any atom is -0.437 e. The minimum atomic E-state index is 0.0168. The molecule has 0 aliphatic heterocycles. The molecule has 1 fully saturated rings. The second kappa shape index (κ2) is 6.01. The van der Waals surface area contributed by atoms with Crippen molar-refractivity contribution in [1.29, 1.82) is 0 Å². The van der Waals surface area contributed by atoms with Gasteiger partial charge in [0, 0.05) is 23.1 Å². The summed E-state index contributed by atoms with van der Waals surface area (Å²) in [5.74, 6) is 0.481. The van der Waals surface area contributed by atoms with Crippen molar-refractivity contribution in [1.82, 2.24) is 9.88 Å². The monoisotopic (exact) mass is 324 g/mol. The Kier molecular flexibility index (Phi) is 3.71. The summed E-state index contributed by atoms with van der Waals surface area (Å²) in [6, 6.07) is 12.0. The van der Waals surface area contributed by atoms with Crippen molar-refractivity contribution < 1.29 is 9.21 Å². The van der Waals surface area contributed by atoms with Crippen LogP contribution in [0.4, 0.5) is 0 Å². The van der Waals surface area contributed by atoms with Gasteiger partial charge in [0.15, 0.2) is 5.58 Å². The molecule has 0 radical (unpaired) electrons. The molecule has 2 heterocycles. The maximum absolute atomic E-state index is 12.5. The zero-order chi connectivity index (χ0) is 15.6. The highest BCUT2D eigenvalue weighted by Gasteiger charge is 2.31. The lowest BCUT2D eigenvalue weighted by atomic mass is 10.3. The molecule has 0 spiro atoms. The van der Waals surface area contributed by atoms with E-state index in [2.05, 4.69) is 11.1 Å². The maximum Gasteiger partial charge on any atom is 0.247 e. The lowest BCUT2D eigenvalue weighted by Gasteiger charge is -2.19. The highest BCUT2D eigenvalue weighted by Crippen LogP contribution is 2.29. The Morgan fingerprint density at radius 3 is 2.91 bits per heavy atom. The van der Waals surface area contributed by atoms with Crippen LogP contribution in [0.25, 0.3) is 17.2 Å². The van der Waals surface area contributed by atoms with E-state index in [0.717, 1.165) is 23.9 Å². The van der Waals surface area contributed by atoms with E-state index in [1.165, 1.54) is 4.88 Å². The first-order valence-electron chi connectivity index (χ1n) is 7.66. The molecule has 23 heavy (non-hydrogen) atoms. The van der Waals surface area contributed by atoms with Gasteiger partial charge in [0.05, 0.1) is 6.54 Å². The molecule has 3 aromatic rings. The number of carbonyl (C=O) groups excluding carboxylic acids is 1. The number of hydrogen-bond donors (Lipinski definition) is 0. The summed E-state index contributed by atoms with van der Waals surface area (Å²) in [4.78, 5) is 20.0. The number of aromatic nitrogens is 1. The average molecular weight is 324 g/mol. The third-order valence-corrected chi connectivity index (χ3v) is 4.72. The fourth-order valence-corrected chi connectivity index (χ4v) is 3.25. The van der Waals surface area contributed by atoms with Gasteiger partial charge in [0.2, 0.25) is 11.8 Å². The minimum absolute atomic E-state index is 0.0168. The number of thiophene rings is 1. The van der Waals surface area contributed by atoms with Crippen molar-refractivity contribution in [3.63, 3.8) is 0 Å². The smallest absolute Gasteiger partial charge is 0.247 e. The zero-order valence-corrected chi connectivity index (χ0v) is 13.3. The third kappa shape index (κ3) is 3.19. The normalized spacial score (nSPS) is 14.6. The molecule has 0 N–H and O–H groups in total. The molecule has 1 aliphatic carbocycles. The zero-order valence-electron chi connectivity index (χ0n) is 12.5. The topological polar surface area (TPSA) is 46.3 Å². The van der Waals surface area contributed by atoms with Crippen molar-refractivity contribution in [2.24, 2.45) is 0 Å². The van der Waals surface area contributed by atoms with Gasteiger partial charge < -0.3 is 9.32 Å². The molecule has 0 bridgehead atoms. The van der Waals surface area contributed by atoms with Gasteiger partial charge in [-0.3, -0.25) is 4.79 Å². The molecule has 1 saturated carbocycles. The number of fused-ring (bicyclic) bond motifs is 1. The second-order valence-electron chi connectivity index (χ2n) is 5.63. The van der Waals surface area contributed by atoms with Crippen LogP contribution in [0.5, 0.6) is 0 Å². The summed E-state index contributed by atoms with van der Waals surface area (Å²) in [7, 11) is 0. The Bertz CT molecular complexity index is 814. The Morgan fingerprint density at radius 2 is 2.17 bits per heavy atom. The maximum atomic E-state index is 12.5. The summed E-state index contributed by atoms with van der Waals surface area (Å²) in [5.41, 5.74) is 1.54. The van der Waals surface area contributed by atoms with E-state index in [0.29, 0.717) is 18.5 Å². The van der Waals surface area contributed by atoms with Gasteiger partial charge in [-0.25, -0.2) is 4.98 Å². The Labute approximate surface area is 138 Å². The fraction of sp³-hybridized carbons (Fsp3) is 0.222. The van der Waals surface area contributed by atoms with E-state index >= 15 is 0 Å². The summed E-state index contributed by atoms with van der Waals surface area (Å²) >= 11 is 1.68. The number of rotatable bonds is 5. The third-order valence-electron chi connectivity index (χ3n) is 3.86. The van der Waals surface area contributed by atoms with Gasteiger partial charge in [0.1, 0.15) is 5.52 Å². The van der Waals surface area contributed by atoms with Gasteiger partial charge in [-0.15, -0.1) is 11.3 Å². The number of hydrogen-bond acceptors (Lipinski definition) is 4. The average Bonchev–Trinajstić information content (AvgIpc) is 3.11. The molecule has 1 aromatic carbocycles. The van der Waals surface area contributed by atoms with Crippen molar-refractivity contribution >= 4 is 34.4 Å². The molecule has 1 aliphatic rings. The number of para-hydroxylation sites is 2. The van der Waals surface area contributed by atoms with Crippen molar-refractivity contribution in [3.8, 4) is 0 Å². The SMILES string of the molecule is O=C(/C=C/c1nc2ccccc2o1)N(Cc1cccs1)C1CC1. The largest absolute Gasteiger partial charge is 0.437 e. The van der Waals surface area contributed by atoms with Crippen LogP contribution in [0.1, 0.15) is 23.6 Å². The first-order chi connectivity index (χ1) is 11.3. The number of amides is 1. The van der Waals surface area contributed by atoms with Gasteiger partial charge in [-0.1, -0.05) is 18.2 Å². The Morgan fingerprint density at radius 1 is 1.30 bits per heavy atom. The quantitative estimate of drug-likeness (QED) is 0.664. The summed E-state index contributed by atoms with van der Waals surface area (Å²) in [5, 5.41) is 2.04. The van der Waals surface area contributed by atoms with Crippen LogP contribution in [0.15, 0.2) is 52.3 Å². The predicted molar refractivity (Wildman–Crippen MR) is 90.9 cm³/mol. The van der Waals surface area contributed by atoms with E-state index in [9.17, 15) is 4.79 Å². The van der Waals surface area contributed by atoms with Crippen LogP contribution in [0.3, 0.4) is 0 Å². The number of nitrogens with zero attached hydrogens (tertiary/aromatic N) is 2. The van der Waals surface area contributed by atoms with E-state index in [1.807, 2.05) is 40.6 Å². The van der Waals surface area contributed by atoms with E-state index in [1.54, 1.807) is 23.5 Å². The van der Waals surface area contributed by atoms with Gasteiger partial charge in [0.25, 0.3) is 0 Å². The number of benzene rings is 1. The molecule has 4 nitrogen and oxygen atoms in total. The molecule has 5 heteroatoms. The first kappa shape index (κ1) is 14.2. The van der Waals surface area contributed by atoms with Gasteiger partial charge in [-0.2, -0.15) is 0 Å². The van der Waals surface area contributed by atoms with Crippen LogP contribution in [0, 0.1) is 0 Å². The molecule has 0 unspecified atom stereocenters. The van der Waals surface area contributed by atoms with E-state index in [-0.39, 0.29) is 5.91 Å². The lowest BCUT2D eigenvalue weighted by molar-refractivity contribution is -0.127. The van der Waals surface area contributed by atoms with Crippen LogP contribution in [-0.4, -0.2) is 21.8 Å². The van der Waals surface area contributed by atoms with Crippen LogP contribution in [0.2, 0.25) is 0 Å². The molecule has 116 valence electrons. The standard InChI is InChI=1S/C18H16N2O2S/c21-18(20(13-7-8-13)12-14-4-3-11-23-14)10-9-17-19-15-5-1-2-6-16(15)22-17/h1-6,9-11,13H,7-8,12H2/b10-9+. The summed E-state index contributed by atoms with van der Waals surface area (Å²) in [6.45, 7) is 0.680. The number of carbonyl (C=O) groups is 1. The molecule has 1 amide bonds. The van der Waals surface area contributed by atoms with Crippen LogP contribution in [-0.2, 0) is 11.3 Å². The predicted octanol–water partition coefficient (Wildman–Crippen LogP) is 4.09. The van der Waals surface area contributed by atoms with Crippen molar-refractivity contribution in [3.05, 3.63) is 58.6 Å². The van der Waals surface area contributed by atoms with Crippen molar-refractivity contribution in [2.45, 2.75) is 25.4 Å². The van der Waals surface area contributed by atoms with E-state index < -0.39 is 0 Å². The lowest BCUT2D eigenvalue weighted by Crippen LogP contribution is -2.30. The highest BCUT2D eigenvalue weighted by atomic mass is 32.1. The van der Waals surface area contributed by atoms with Crippen LogP contribution < -0.4 is 0 Å². The van der Waals surface area contributed by atoms with Crippen LogP contribution >= 0.6 is 11.3 Å². The van der Waals surface area contributed by atoms with Gasteiger partial charge in [-0.05, 0) is 36.4 Å².